The normalized spacial score (nSPS) is 22.8. The van der Waals surface area contributed by atoms with E-state index in [-0.39, 0.29) is 11.3 Å². The van der Waals surface area contributed by atoms with Gasteiger partial charge in [0.2, 0.25) is 0 Å². The van der Waals surface area contributed by atoms with Gasteiger partial charge in [0, 0.05) is 11.3 Å². The lowest BCUT2D eigenvalue weighted by Gasteiger charge is -2.40. The topological polar surface area (TPSA) is 96.9 Å². The van der Waals surface area contributed by atoms with Gasteiger partial charge in [0.15, 0.2) is 5.60 Å². The number of hydrogen-bond donors (Lipinski definition) is 3. The number of amidine groups is 1. The van der Waals surface area contributed by atoms with Crippen molar-refractivity contribution in [1.29, 1.82) is 0 Å². The fourth-order valence-electron chi connectivity index (χ4n) is 2.33. The summed E-state index contributed by atoms with van der Waals surface area (Å²) in [5.74, 6) is -1.64. The van der Waals surface area contributed by atoms with E-state index in [1.165, 1.54) is 6.07 Å². The zero-order valence-corrected chi connectivity index (χ0v) is 12.4. The molecule has 1 aromatic rings. The summed E-state index contributed by atoms with van der Waals surface area (Å²) in [7, 11) is 0. The highest BCUT2D eigenvalue weighted by molar-refractivity contribution is 6.01. The summed E-state index contributed by atoms with van der Waals surface area (Å²) in [5, 5.41) is 10.5. The van der Waals surface area contributed by atoms with E-state index in [1.807, 2.05) is 0 Å². The number of ether oxygens (including phenoxy) is 1. The van der Waals surface area contributed by atoms with Crippen molar-refractivity contribution < 1.29 is 32.2 Å². The van der Waals surface area contributed by atoms with Gasteiger partial charge >= 0.3 is 6.09 Å². The Balaban J connectivity index is 2.62. The van der Waals surface area contributed by atoms with Crippen molar-refractivity contribution in [2.24, 2.45) is 4.99 Å². The summed E-state index contributed by atoms with van der Waals surface area (Å²) < 4.78 is 59.5. The van der Waals surface area contributed by atoms with Crippen molar-refractivity contribution in [1.82, 2.24) is 5.32 Å². The van der Waals surface area contributed by atoms with Crippen LogP contribution in [0.2, 0.25) is 0 Å². The highest BCUT2D eigenvalue weighted by Crippen LogP contribution is 2.37. The maximum atomic E-state index is 14.1. The van der Waals surface area contributed by atoms with Gasteiger partial charge in [-0.2, -0.15) is 0 Å². The molecule has 0 saturated heterocycles. The number of aliphatic imine (C=N–C) groups is 1. The third-order valence-corrected chi connectivity index (χ3v) is 3.71. The number of benzene rings is 1. The number of nitrogen functional groups attached to an aromatic ring is 1. The molecule has 1 aliphatic heterocycles. The lowest BCUT2D eigenvalue weighted by atomic mass is 9.88. The Morgan fingerprint density at radius 2 is 2.00 bits per heavy atom. The number of carboxylic acid groups (broad SMARTS) is 1. The van der Waals surface area contributed by atoms with Crippen molar-refractivity contribution in [3.63, 3.8) is 0 Å². The minimum Gasteiger partial charge on any atom is -0.465 e. The molecule has 1 atom stereocenters. The molecule has 1 heterocycles. The monoisotopic (exact) mass is 349 g/mol. The van der Waals surface area contributed by atoms with Crippen LogP contribution >= 0.6 is 0 Å². The molecule has 0 unspecified atom stereocenters. The molecule has 6 nitrogen and oxygen atoms in total. The number of anilines is 1. The zero-order chi connectivity index (χ0) is 18.0. The summed E-state index contributed by atoms with van der Waals surface area (Å²) >= 11 is 0. The van der Waals surface area contributed by atoms with E-state index in [0.29, 0.717) is 0 Å². The largest absolute Gasteiger partial charge is 0.465 e. The second kappa shape index (κ2) is 6.63. The summed E-state index contributed by atoms with van der Waals surface area (Å²) in [6.07, 6.45) is -1.67. The van der Waals surface area contributed by atoms with Crippen molar-refractivity contribution in [2.75, 3.05) is 32.4 Å². The predicted octanol–water partition coefficient (Wildman–Crippen LogP) is 1.95. The van der Waals surface area contributed by atoms with E-state index in [4.69, 9.17) is 15.6 Å². The van der Waals surface area contributed by atoms with Gasteiger partial charge in [-0.05, 0) is 18.2 Å². The second-order valence-electron chi connectivity index (χ2n) is 5.35. The summed E-state index contributed by atoms with van der Waals surface area (Å²) in [4.78, 5) is 14.7. The third-order valence-electron chi connectivity index (χ3n) is 3.71. The first kappa shape index (κ1) is 18.0. The number of nitrogens with zero attached hydrogens (tertiary/aromatic N) is 1. The predicted molar refractivity (Wildman–Crippen MR) is 77.7 cm³/mol. The number of carbonyl (C=O) groups is 1. The summed E-state index contributed by atoms with van der Waals surface area (Å²) in [6, 6.07) is 3.33. The highest BCUT2D eigenvalue weighted by atomic mass is 19.1. The van der Waals surface area contributed by atoms with E-state index in [1.54, 1.807) is 5.32 Å². The van der Waals surface area contributed by atoms with E-state index >= 15 is 0 Å². The summed E-state index contributed by atoms with van der Waals surface area (Å²) in [6.45, 7) is -4.87. The van der Waals surface area contributed by atoms with Gasteiger partial charge < -0.3 is 15.6 Å². The fraction of sp³-hybridized carbons (Fsp3) is 0.429. The molecule has 0 bridgehead atoms. The van der Waals surface area contributed by atoms with Gasteiger partial charge in [-0.1, -0.05) is 0 Å². The molecule has 1 aromatic carbocycles. The Morgan fingerprint density at radius 1 is 1.33 bits per heavy atom. The van der Waals surface area contributed by atoms with Crippen molar-refractivity contribution in [2.45, 2.75) is 11.1 Å². The fourth-order valence-corrected chi connectivity index (χ4v) is 2.33. The van der Waals surface area contributed by atoms with Gasteiger partial charge in [0.05, 0.1) is 6.61 Å². The molecule has 1 amide bonds. The lowest BCUT2D eigenvalue weighted by molar-refractivity contribution is -0.0657. The maximum absolute atomic E-state index is 14.1. The molecule has 0 saturated carbocycles. The molecule has 4 N–H and O–H groups in total. The Kier molecular flexibility index (Phi) is 4.97. The molecule has 0 aliphatic carbocycles. The molecule has 0 fully saturated rings. The number of amides is 1. The molecule has 24 heavy (non-hydrogen) atoms. The quantitative estimate of drug-likeness (QED) is 0.572. The standard InChI is InChI=1S/C14H15F4N3O3/c15-4-13(9-3-8(19)1-2-10(9)18)7-24-14(5-16,6-17)11(21-13)20-12(22)23/h1-3H,4-7,19H2,(H,20,21)(H,22,23)/t13-/m0/s1. The van der Waals surface area contributed by atoms with E-state index in [0.717, 1.165) is 12.1 Å². The Labute approximate surface area is 134 Å². The van der Waals surface area contributed by atoms with Crippen LogP contribution in [0.3, 0.4) is 0 Å². The van der Waals surface area contributed by atoms with E-state index < -0.39 is 55.5 Å². The molecule has 2 rings (SSSR count). The number of nitrogens with two attached hydrogens (primary N) is 1. The van der Waals surface area contributed by atoms with Crippen molar-refractivity contribution in [3.05, 3.63) is 29.6 Å². The van der Waals surface area contributed by atoms with E-state index in [2.05, 4.69) is 4.99 Å². The van der Waals surface area contributed by atoms with Gasteiger partial charge in [0.1, 0.15) is 37.2 Å². The average molecular weight is 349 g/mol. The molecule has 10 heteroatoms. The van der Waals surface area contributed by atoms with Gasteiger partial charge in [-0.3, -0.25) is 10.3 Å². The van der Waals surface area contributed by atoms with Crippen molar-refractivity contribution in [3.8, 4) is 0 Å². The molecule has 0 spiro atoms. The Bertz CT molecular complexity index is 667. The Hall–Kier alpha value is -2.36. The first-order valence-corrected chi connectivity index (χ1v) is 6.80. The highest BCUT2D eigenvalue weighted by Gasteiger charge is 2.49. The molecule has 0 radical (unpaired) electrons. The first-order valence-electron chi connectivity index (χ1n) is 6.80. The number of halogens is 4. The van der Waals surface area contributed by atoms with Crippen LogP contribution in [0.25, 0.3) is 0 Å². The minimum absolute atomic E-state index is 0.106. The average Bonchev–Trinajstić information content (AvgIpc) is 2.57. The molecule has 132 valence electrons. The molecule has 0 aromatic heterocycles. The van der Waals surface area contributed by atoms with Crippen LogP contribution in [0.15, 0.2) is 23.2 Å². The van der Waals surface area contributed by atoms with E-state index in [9.17, 15) is 22.4 Å². The Morgan fingerprint density at radius 3 is 2.54 bits per heavy atom. The van der Waals surface area contributed by atoms with Crippen LogP contribution in [0.1, 0.15) is 5.56 Å². The number of alkyl halides is 3. The van der Waals surface area contributed by atoms with Crippen LogP contribution < -0.4 is 11.1 Å². The van der Waals surface area contributed by atoms with Crippen LogP contribution in [0.4, 0.5) is 28.0 Å². The number of rotatable bonds is 4. The maximum Gasteiger partial charge on any atom is 0.410 e. The van der Waals surface area contributed by atoms with Crippen molar-refractivity contribution >= 4 is 17.6 Å². The van der Waals surface area contributed by atoms with Crippen LogP contribution in [-0.2, 0) is 10.3 Å². The SMILES string of the molecule is Nc1ccc(F)c([C@]2(CF)COC(CF)(CF)C(NC(=O)O)=N2)c1. The minimum atomic E-state index is -2.31. The molecular weight excluding hydrogens is 334 g/mol. The summed E-state index contributed by atoms with van der Waals surface area (Å²) in [5.41, 5.74) is 1.04. The van der Waals surface area contributed by atoms with Gasteiger partial charge in [-0.25, -0.2) is 22.4 Å². The number of nitrogens with one attached hydrogen (secondary N) is 1. The first-order chi connectivity index (χ1) is 11.3. The van der Waals surface area contributed by atoms with Crippen LogP contribution in [0.5, 0.6) is 0 Å². The molecule has 1 aliphatic rings. The van der Waals surface area contributed by atoms with Crippen LogP contribution in [-0.4, -0.2) is 49.3 Å². The lowest BCUT2D eigenvalue weighted by Crippen LogP contribution is -2.60. The zero-order valence-electron chi connectivity index (χ0n) is 12.4. The third kappa shape index (κ3) is 3.01. The van der Waals surface area contributed by atoms with Gasteiger partial charge in [0.25, 0.3) is 0 Å². The van der Waals surface area contributed by atoms with Crippen LogP contribution in [0, 0.1) is 5.82 Å². The number of hydrogen-bond acceptors (Lipinski definition) is 4. The van der Waals surface area contributed by atoms with Gasteiger partial charge in [-0.15, -0.1) is 0 Å². The second-order valence-corrected chi connectivity index (χ2v) is 5.35. The molecular formula is C14H15F4N3O3. The smallest absolute Gasteiger partial charge is 0.410 e.